The number of thiol groups is 1. The lowest BCUT2D eigenvalue weighted by Crippen LogP contribution is -2.23. The molecule has 1 saturated heterocycles. The van der Waals surface area contributed by atoms with Crippen molar-refractivity contribution in [3.63, 3.8) is 0 Å². The number of rotatable bonds is 2. The lowest BCUT2D eigenvalue weighted by molar-refractivity contribution is 0.331. The topological polar surface area (TPSA) is 3.24 Å². The van der Waals surface area contributed by atoms with Crippen molar-refractivity contribution in [3.05, 3.63) is 0 Å². The van der Waals surface area contributed by atoms with Crippen LogP contribution < -0.4 is 0 Å². The van der Waals surface area contributed by atoms with E-state index in [4.69, 9.17) is 0 Å². The van der Waals surface area contributed by atoms with E-state index in [1.54, 1.807) is 0 Å². The SMILES string of the molecule is SCCN1CC2CCCC2C1. The van der Waals surface area contributed by atoms with Crippen molar-refractivity contribution in [2.45, 2.75) is 19.3 Å². The monoisotopic (exact) mass is 171 g/mol. The molecule has 1 nitrogen and oxygen atoms in total. The summed E-state index contributed by atoms with van der Waals surface area (Å²) in [6.45, 7) is 3.94. The van der Waals surface area contributed by atoms with Gasteiger partial charge < -0.3 is 4.90 Å². The van der Waals surface area contributed by atoms with Crippen LogP contribution in [0.3, 0.4) is 0 Å². The van der Waals surface area contributed by atoms with Gasteiger partial charge in [-0.2, -0.15) is 12.6 Å². The Morgan fingerprint density at radius 3 is 2.36 bits per heavy atom. The van der Waals surface area contributed by atoms with Crippen LogP contribution in [0.15, 0.2) is 0 Å². The van der Waals surface area contributed by atoms with E-state index in [2.05, 4.69) is 17.5 Å². The Bertz CT molecular complexity index is 126. The molecule has 2 unspecified atom stereocenters. The van der Waals surface area contributed by atoms with Crippen molar-refractivity contribution in [2.24, 2.45) is 11.8 Å². The molecule has 2 heteroatoms. The van der Waals surface area contributed by atoms with Crippen molar-refractivity contribution in [3.8, 4) is 0 Å². The van der Waals surface area contributed by atoms with Gasteiger partial charge in [0, 0.05) is 25.4 Å². The predicted molar refractivity (Wildman–Crippen MR) is 51.1 cm³/mol. The van der Waals surface area contributed by atoms with Gasteiger partial charge in [0.05, 0.1) is 0 Å². The number of likely N-dealkylation sites (tertiary alicyclic amines) is 1. The van der Waals surface area contributed by atoms with Crippen molar-refractivity contribution in [1.82, 2.24) is 4.90 Å². The average Bonchev–Trinajstić information content (AvgIpc) is 2.46. The second kappa shape index (κ2) is 3.36. The third kappa shape index (κ3) is 1.57. The molecular formula is C9H17NS. The fourth-order valence-electron chi connectivity index (χ4n) is 2.66. The van der Waals surface area contributed by atoms with Gasteiger partial charge in [-0.25, -0.2) is 0 Å². The number of nitrogens with zero attached hydrogens (tertiary/aromatic N) is 1. The summed E-state index contributed by atoms with van der Waals surface area (Å²) >= 11 is 4.26. The van der Waals surface area contributed by atoms with Gasteiger partial charge in [0.2, 0.25) is 0 Å². The molecule has 0 aromatic carbocycles. The van der Waals surface area contributed by atoms with Crippen LogP contribution in [-0.2, 0) is 0 Å². The van der Waals surface area contributed by atoms with Gasteiger partial charge in [-0.15, -0.1) is 0 Å². The second-order valence-electron chi connectivity index (χ2n) is 3.93. The summed E-state index contributed by atoms with van der Waals surface area (Å²) in [5, 5.41) is 0. The molecule has 11 heavy (non-hydrogen) atoms. The fourth-order valence-corrected chi connectivity index (χ4v) is 2.94. The van der Waals surface area contributed by atoms with Crippen LogP contribution in [0, 0.1) is 11.8 Å². The zero-order valence-electron chi connectivity index (χ0n) is 7.00. The van der Waals surface area contributed by atoms with Crippen molar-refractivity contribution >= 4 is 12.6 Å². The summed E-state index contributed by atoms with van der Waals surface area (Å²) < 4.78 is 0. The third-order valence-corrected chi connectivity index (χ3v) is 3.42. The Morgan fingerprint density at radius 1 is 1.18 bits per heavy atom. The summed E-state index contributed by atoms with van der Waals surface area (Å²) in [7, 11) is 0. The Morgan fingerprint density at radius 2 is 1.82 bits per heavy atom. The maximum atomic E-state index is 4.26. The quantitative estimate of drug-likeness (QED) is 0.618. The van der Waals surface area contributed by atoms with Gasteiger partial charge >= 0.3 is 0 Å². The number of fused-ring (bicyclic) bond motifs is 1. The molecule has 2 atom stereocenters. The molecule has 0 N–H and O–H groups in total. The van der Waals surface area contributed by atoms with E-state index >= 15 is 0 Å². The molecule has 1 saturated carbocycles. The fraction of sp³-hybridized carbons (Fsp3) is 1.00. The Hall–Kier alpha value is 0.310. The molecule has 1 heterocycles. The first kappa shape index (κ1) is 7.93. The van der Waals surface area contributed by atoms with Gasteiger partial charge in [0.25, 0.3) is 0 Å². The minimum absolute atomic E-state index is 1.03. The largest absolute Gasteiger partial charge is 0.302 e. The predicted octanol–water partition coefficient (Wildman–Crippen LogP) is 1.65. The maximum absolute atomic E-state index is 4.26. The third-order valence-electron chi connectivity index (χ3n) is 3.22. The minimum atomic E-state index is 1.03. The van der Waals surface area contributed by atoms with E-state index in [0.717, 1.165) is 17.6 Å². The summed E-state index contributed by atoms with van der Waals surface area (Å²) in [5.74, 6) is 3.13. The van der Waals surface area contributed by atoms with E-state index in [0.29, 0.717) is 0 Å². The molecule has 0 aromatic rings. The Labute approximate surface area is 74.6 Å². The minimum Gasteiger partial charge on any atom is -0.302 e. The van der Waals surface area contributed by atoms with Crippen molar-refractivity contribution in [2.75, 3.05) is 25.4 Å². The molecule has 2 aliphatic rings. The Kier molecular flexibility index (Phi) is 2.42. The van der Waals surface area contributed by atoms with Crippen LogP contribution in [0.1, 0.15) is 19.3 Å². The lowest BCUT2D eigenvalue weighted by Gasteiger charge is -2.14. The summed E-state index contributed by atoms with van der Waals surface area (Å²) in [5.41, 5.74) is 0. The molecule has 0 bridgehead atoms. The zero-order valence-corrected chi connectivity index (χ0v) is 7.89. The van der Waals surface area contributed by atoms with Crippen LogP contribution >= 0.6 is 12.6 Å². The molecule has 64 valence electrons. The van der Waals surface area contributed by atoms with Crippen molar-refractivity contribution < 1.29 is 0 Å². The molecular weight excluding hydrogens is 154 g/mol. The van der Waals surface area contributed by atoms with Crippen LogP contribution in [0.4, 0.5) is 0 Å². The highest BCUT2D eigenvalue weighted by Gasteiger charge is 2.35. The number of hydrogen-bond acceptors (Lipinski definition) is 2. The highest BCUT2D eigenvalue weighted by atomic mass is 32.1. The van der Waals surface area contributed by atoms with Gasteiger partial charge in [-0.3, -0.25) is 0 Å². The molecule has 0 spiro atoms. The maximum Gasteiger partial charge on any atom is 0.00701 e. The highest BCUT2D eigenvalue weighted by Crippen LogP contribution is 2.37. The standard InChI is InChI=1S/C9H17NS/c11-5-4-10-6-8-2-1-3-9(8)7-10/h8-9,11H,1-7H2. The van der Waals surface area contributed by atoms with E-state index in [-0.39, 0.29) is 0 Å². The molecule has 0 aromatic heterocycles. The molecule has 0 amide bonds. The van der Waals surface area contributed by atoms with Crippen molar-refractivity contribution in [1.29, 1.82) is 0 Å². The van der Waals surface area contributed by atoms with Gasteiger partial charge in [-0.1, -0.05) is 6.42 Å². The normalized spacial score (nSPS) is 37.9. The smallest absolute Gasteiger partial charge is 0.00701 e. The molecule has 2 rings (SSSR count). The van der Waals surface area contributed by atoms with Gasteiger partial charge in [0.15, 0.2) is 0 Å². The van der Waals surface area contributed by atoms with E-state index in [1.807, 2.05) is 0 Å². The van der Waals surface area contributed by atoms with E-state index in [9.17, 15) is 0 Å². The first-order valence-electron chi connectivity index (χ1n) is 4.73. The molecule has 2 fully saturated rings. The summed E-state index contributed by atoms with van der Waals surface area (Å²) in [6, 6.07) is 0. The van der Waals surface area contributed by atoms with Gasteiger partial charge in [0.1, 0.15) is 0 Å². The molecule has 1 aliphatic carbocycles. The van der Waals surface area contributed by atoms with Crippen LogP contribution in [0.25, 0.3) is 0 Å². The highest BCUT2D eigenvalue weighted by molar-refractivity contribution is 7.80. The van der Waals surface area contributed by atoms with Crippen LogP contribution in [0.5, 0.6) is 0 Å². The first-order valence-corrected chi connectivity index (χ1v) is 5.36. The molecule has 0 radical (unpaired) electrons. The Balaban J connectivity index is 1.84. The van der Waals surface area contributed by atoms with E-state index < -0.39 is 0 Å². The van der Waals surface area contributed by atoms with Crippen LogP contribution in [-0.4, -0.2) is 30.3 Å². The van der Waals surface area contributed by atoms with Crippen LogP contribution in [0.2, 0.25) is 0 Å². The second-order valence-corrected chi connectivity index (χ2v) is 4.38. The first-order chi connectivity index (χ1) is 5.40. The summed E-state index contributed by atoms with van der Waals surface area (Å²) in [6.07, 6.45) is 4.48. The summed E-state index contributed by atoms with van der Waals surface area (Å²) in [4.78, 5) is 2.58. The molecule has 1 aliphatic heterocycles. The number of hydrogen-bond donors (Lipinski definition) is 1. The lowest BCUT2D eigenvalue weighted by atomic mass is 10.0. The van der Waals surface area contributed by atoms with E-state index in [1.165, 1.54) is 38.9 Å². The zero-order chi connectivity index (χ0) is 7.68. The van der Waals surface area contributed by atoms with Gasteiger partial charge in [-0.05, 0) is 24.7 Å². The average molecular weight is 171 g/mol.